The molecule has 0 aliphatic heterocycles. The van der Waals surface area contributed by atoms with Crippen LogP contribution in [0, 0.1) is 12.3 Å². The second-order valence-corrected chi connectivity index (χ2v) is 5.22. The molecule has 1 aromatic heterocycles. The Balaban J connectivity index is 1.88. The highest BCUT2D eigenvalue weighted by molar-refractivity contribution is 7.99. The van der Waals surface area contributed by atoms with Crippen molar-refractivity contribution < 1.29 is 14.3 Å². The zero-order valence-electron chi connectivity index (χ0n) is 8.66. The molecule has 0 amide bonds. The monoisotopic (exact) mass is 226 g/mol. The average molecular weight is 226 g/mol. The van der Waals surface area contributed by atoms with Gasteiger partial charge in [0.1, 0.15) is 5.76 Å². The lowest BCUT2D eigenvalue weighted by molar-refractivity contribution is -0.138. The highest BCUT2D eigenvalue weighted by Crippen LogP contribution is 2.52. The van der Waals surface area contributed by atoms with E-state index in [1.807, 2.05) is 13.0 Å². The third-order valence-corrected chi connectivity index (χ3v) is 4.32. The maximum absolute atomic E-state index is 10.7. The van der Waals surface area contributed by atoms with E-state index >= 15 is 0 Å². The zero-order chi connectivity index (χ0) is 10.9. The van der Waals surface area contributed by atoms with Crippen LogP contribution in [0.2, 0.25) is 0 Å². The van der Waals surface area contributed by atoms with Gasteiger partial charge in [0.25, 0.3) is 0 Å². The van der Waals surface area contributed by atoms with Crippen molar-refractivity contribution in [2.24, 2.45) is 5.41 Å². The van der Waals surface area contributed by atoms with E-state index in [1.165, 1.54) is 0 Å². The number of hydrogen-bond acceptors (Lipinski definition) is 3. The Hall–Kier alpha value is -0.900. The van der Waals surface area contributed by atoms with Gasteiger partial charge in [-0.1, -0.05) is 0 Å². The molecule has 1 saturated carbocycles. The summed E-state index contributed by atoms with van der Waals surface area (Å²) in [6.45, 7) is 1.93. The Kier molecular flexibility index (Phi) is 2.78. The van der Waals surface area contributed by atoms with E-state index in [9.17, 15) is 4.79 Å². The Morgan fingerprint density at radius 1 is 1.67 bits per heavy atom. The van der Waals surface area contributed by atoms with Crippen LogP contribution in [0.5, 0.6) is 0 Å². The first-order valence-electron chi connectivity index (χ1n) is 5.00. The van der Waals surface area contributed by atoms with Gasteiger partial charge >= 0.3 is 5.97 Å². The maximum atomic E-state index is 10.7. The topological polar surface area (TPSA) is 50.4 Å². The van der Waals surface area contributed by atoms with Crippen LogP contribution in [-0.2, 0) is 4.79 Å². The van der Waals surface area contributed by atoms with Gasteiger partial charge in [-0.25, -0.2) is 0 Å². The summed E-state index contributed by atoms with van der Waals surface area (Å²) in [7, 11) is 0. The van der Waals surface area contributed by atoms with E-state index in [0.717, 1.165) is 29.3 Å². The third kappa shape index (κ3) is 2.56. The fourth-order valence-electron chi connectivity index (χ4n) is 1.62. The molecule has 1 aliphatic carbocycles. The Morgan fingerprint density at radius 3 is 2.87 bits per heavy atom. The van der Waals surface area contributed by atoms with E-state index in [0.29, 0.717) is 6.42 Å². The molecule has 1 aliphatic rings. The van der Waals surface area contributed by atoms with Crippen molar-refractivity contribution in [3.8, 4) is 0 Å². The van der Waals surface area contributed by atoms with Gasteiger partial charge in [0, 0.05) is 10.6 Å². The summed E-state index contributed by atoms with van der Waals surface area (Å²) in [5.74, 6) is 1.13. The van der Waals surface area contributed by atoms with Crippen LogP contribution in [0.3, 0.4) is 0 Å². The summed E-state index contributed by atoms with van der Waals surface area (Å²) >= 11 is 1.71. The molecule has 0 spiro atoms. The molecule has 0 aromatic carbocycles. The van der Waals surface area contributed by atoms with E-state index in [2.05, 4.69) is 0 Å². The number of rotatable bonds is 5. The van der Waals surface area contributed by atoms with Crippen LogP contribution in [0.1, 0.15) is 25.0 Å². The molecule has 2 rings (SSSR count). The number of furan rings is 1. The van der Waals surface area contributed by atoms with Crippen molar-refractivity contribution in [3.63, 3.8) is 0 Å². The molecule has 4 heteroatoms. The van der Waals surface area contributed by atoms with Gasteiger partial charge in [0.15, 0.2) is 0 Å². The SMILES string of the molecule is Cc1occc1SCC1(CC(=O)O)CC1. The van der Waals surface area contributed by atoms with E-state index in [1.54, 1.807) is 18.0 Å². The normalized spacial score (nSPS) is 17.7. The number of thioether (sulfide) groups is 1. The van der Waals surface area contributed by atoms with Crippen LogP contribution >= 0.6 is 11.8 Å². The average Bonchev–Trinajstić information content (AvgIpc) is 2.78. The minimum Gasteiger partial charge on any atom is -0.481 e. The first-order chi connectivity index (χ1) is 7.11. The summed E-state index contributed by atoms with van der Waals surface area (Å²) in [4.78, 5) is 11.8. The van der Waals surface area contributed by atoms with Gasteiger partial charge in [-0.2, -0.15) is 0 Å². The number of hydrogen-bond donors (Lipinski definition) is 1. The minimum absolute atomic E-state index is 0.0558. The van der Waals surface area contributed by atoms with Crippen molar-refractivity contribution in [1.29, 1.82) is 0 Å². The maximum Gasteiger partial charge on any atom is 0.303 e. The van der Waals surface area contributed by atoms with Crippen molar-refractivity contribution in [2.45, 2.75) is 31.1 Å². The van der Waals surface area contributed by atoms with Crippen molar-refractivity contribution in [1.82, 2.24) is 0 Å². The molecular formula is C11H14O3S. The second-order valence-electron chi connectivity index (χ2n) is 4.20. The minimum atomic E-state index is -0.683. The largest absolute Gasteiger partial charge is 0.481 e. The zero-order valence-corrected chi connectivity index (χ0v) is 9.47. The number of carboxylic acid groups (broad SMARTS) is 1. The van der Waals surface area contributed by atoms with Crippen LogP contribution in [-0.4, -0.2) is 16.8 Å². The van der Waals surface area contributed by atoms with Gasteiger partial charge in [0.2, 0.25) is 0 Å². The van der Waals surface area contributed by atoms with Gasteiger partial charge in [-0.15, -0.1) is 11.8 Å². The number of carboxylic acids is 1. The number of aryl methyl sites for hydroxylation is 1. The molecule has 0 bridgehead atoms. The molecule has 0 atom stereocenters. The first-order valence-corrected chi connectivity index (χ1v) is 5.99. The molecular weight excluding hydrogens is 212 g/mol. The molecule has 0 saturated heterocycles. The molecule has 3 nitrogen and oxygen atoms in total. The summed E-state index contributed by atoms with van der Waals surface area (Å²) in [6.07, 6.45) is 4.07. The van der Waals surface area contributed by atoms with Gasteiger partial charge in [-0.3, -0.25) is 4.79 Å². The molecule has 1 aromatic rings. The van der Waals surface area contributed by atoms with Crippen LogP contribution < -0.4 is 0 Å². The molecule has 1 heterocycles. The van der Waals surface area contributed by atoms with Crippen molar-refractivity contribution in [2.75, 3.05) is 5.75 Å². The fourth-order valence-corrected chi connectivity index (χ4v) is 2.88. The highest BCUT2D eigenvalue weighted by Gasteiger charge is 2.44. The van der Waals surface area contributed by atoms with Crippen molar-refractivity contribution >= 4 is 17.7 Å². The summed E-state index contributed by atoms with van der Waals surface area (Å²) in [5.41, 5.74) is 0.0558. The number of aliphatic carboxylic acids is 1. The van der Waals surface area contributed by atoms with E-state index < -0.39 is 5.97 Å². The molecule has 1 fully saturated rings. The highest BCUT2D eigenvalue weighted by atomic mass is 32.2. The summed E-state index contributed by atoms with van der Waals surface area (Å²) in [5, 5.41) is 8.77. The Bertz CT molecular complexity index is 366. The smallest absolute Gasteiger partial charge is 0.303 e. The predicted octanol–water partition coefficient (Wildman–Crippen LogP) is 2.94. The molecule has 1 N–H and O–H groups in total. The quantitative estimate of drug-likeness (QED) is 0.784. The van der Waals surface area contributed by atoms with Crippen molar-refractivity contribution in [3.05, 3.63) is 18.1 Å². The molecule has 0 radical (unpaired) electrons. The first kappa shape index (κ1) is 10.6. The van der Waals surface area contributed by atoms with Crippen LogP contribution in [0.4, 0.5) is 0 Å². The predicted molar refractivity (Wildman–Crippen MR) is 58.1 cm³/mol. The second kappa shape index (κ2) is 3.93. The Morgan fingerprint density at radius 2 is 2.40 bits per heavy atom. The van der Waals surface area contributed by atoms with Crippen LogP contribution in [0.25, 0.3) is 0 Å². The van der Waals surface area contributed by atoms with Gasteiger partial charge in [-0.05, 0) is 31.2 Å². The number of carbonyl (C=O) groups is 1. The molecule has 15 heavy (non-hydrogen) atoms. The van der Waals surface area contributed by atoms with Crippen LogP contribution in [0.15, 0.2) is 21.6 Å². The van der Waals surface area contributed by atoms with E-state index in [-0.39, 0.29) is 5.41 Å². The lowest BCUT2D eigenvalue weighted by Crippen LogP contribution is -2.10. The molecule has 82 valence electrons. The molecule has 0 unspecified atom stereocenters. The van der Waals surface area contributed by atoms with Gasteiger partial charge < -0.3 is 9.52 Å². The Labute approximate surface area is 92.9 Å². The van der Waals surface area contributed by atoms with Gasteiger partial charge in [0.05, 0.1) is 12.7 Å². The lowest BCUT2D eigenvalue weighted by atomic mass is 10.1. The fraction of sp³-hybridized carbons (Fsp3) is 0.545. The standard InChI is InChI=1S/C11H14O3S/c1-8-9(2-5-14-8)15-7-11(3-4-11)6-10(12)13/h2,5H,3-4,6-7H2,1H3,(H,12,13). The van der Waals surface area contributed by atoms with E-state index in [4.69, 9.17) is 9.52 Å². The third-order valence-electron chi connectivity index (χ3n) is 2.83. The summed E-state index contributed by atoms with van der Waals surface area (Å²) < 4.78 is 5.19. The lowest BCUT2D eigenvalue weighted by Gasteiger charge is -2.10. The summed E-state index contributed by atoms with van der Waals surface area (Å²) in [6, 6.07) is 1.94.